The molecule has 0 saturated carbocycles. The third-order valence-electron chi connectivity index (χ3n) is 3.24. The molecular formula is C16H18BrNO. The molecule has 2 aromatic rings. The molecule has 2 nitrogen and oxygen atoms in total. The van der Waals surface area contributed by atoms with E-state index in [0.717, 1.165) is 27.1 Å². The van der Waals surface area contributed by atoms with Crippen molar-refractivity contribution in [2.75, 3.05) is 0 Å². The lowest BCUT2D eigenvalue weighted by Crippen LogP contribution is -2.06. The van der Waals surface area contributed by atoms with Crippen molar-refractivity contribution in [1.82, 2.24) is 0 Å². The Balaban J connectivity index is 2.42. The molecule has 1 atom stereocenters. The Bertz CT molecular complexity index is 593. The summed E-state index contributed by atoms with van der Waals surface area (Å²) in [6, 6.07) is 11.9. The Morgan fingerprint density at radius 2 is 1.84 bits per heavy atom. The summed E-state index contributed by atoms with van der Waals surface area (Å²) >= 11 is 3.47. The monoisotopic (exact) mass is 319 g/mol. The van der Waals surface area contributed by atoms with Crippen molar-refractivity contribution in [1.29, 1.82) is 0 Å². The molecule has 1 unspecified atom stereocenters. The highest BCUT2D eigenvalue weighted by Crippen LogP contribution is 2.33. The van der Waals surface area contributed by atoms with Crippen LogP contribution in [0.3, 0.4) is 0 Å². The molecule has 2 N–H and O–H groups in total. The molecule has 0 amide bonds. The maximum Gasteiger partial charge on any atom is 0.133 e. The van der Waals surface area contributed by atoms with E-state index in [1.807, 2.05) is 37.3 Å². The van der Waals surface area contributed by atoms with Gasteiger partial charge in [-0.3, -0.25) is 0 Å². The van der Waals surface area contributed by atoms with Crippen LogP contribution < -0.4 is 10.5 Å². The van der Waals surface area contributed by atoms with Gasteiger partial charge in [0.1, 0.15) is 11.5 Å². The highest BCUT2D eigenvalue weighted by molar-refractivity contribution is 9.10. The van der Waals surface area contributed by atoms with Crippen LogP contribution in [0.2, 0.25) is 0 Å². The number of benzene rings is 2. The van der Waals surface area contributed by atoms with Crippen LogP contribution in [0.15, 0.2) is 40.9 Å². The number of hydrogen-bond donors (Lipinski definition) is 1. The summed E-state index contributed by atoms with van der Waals surface area (Å²) in [5, 5.41) is 0. The Hall–Kier alpha value is -1.32. The number of aryl methyl sites for hydroxylation is 1. The molecule has 0 aliphatic rings. The van der Waals surface area contributed by atoms with Gasteiger partial charge in [0.2, 0.25) is 0 Å². The van der Waals surface area contributed by atoms with Gasteiger partial charge in [-0.25, -0.2) is 0 Å². The van der Waals surface area contributed by atoms with E-state index in [0.29, 0.717) is 0 Å². The molecular weight excluding hydrogens is 302 g/mol. The summed E-state index contributed by atoms with van der Waals surface area (Å²) < 4.78 is 7.04. The Morgan fingerprint density at radius 1 is 1.11 bits per heavy atom. The first kappa shape index (κ1) is 14.1. The summed E-state index contributed by atoms with van der Waals surface area (Å²) in [5.41, 5.74) is 9.36. The molecule has 0 heterocycles. The van der Waals surface area contributed by atoms with Gasteiger partial charge in [0.15, 0.2) is 0 Å². The maximum absolute atomic E-state index is 6.05. The minimum atomic E-state index is -0.0618. The number of hydrogen-bond acceptors (Lipinski definition) is 2. The zero-order chi connectivity index (χ0) is 14.0. The van der Waals surface area contributed by atoms with Crippen LogP contribution in [0.1, 0.15) is 29.7 Å². The fraction of sp³-hybridized carbons (Fsp3) is 0.250. The molecule has 0 radical (unpaired) electrons. The molecule has 100 valence electrons. The first-order chi connectivity index (χ1) is 8.99. The van der Waals surface area contributed by atoms with E-state index in [-0.39, 0.29) is 6.04 Å². The fourth-order valence-electron chi connectivity index (χ4n) is 1.93. The minimum Gasteiger partial charge on any atom is -0.457 e. The molecule has 2 aromatic carbocycles. The van der Waals surface area contributed by atoms with E-state index in [9.17, 15) is 0 Å². The number of halogens is 1. The SMILES string of the molecule is Cc1cccc(Oc2cc(Br)ccc2C(C)N)c1C. The van der Waals surface area contributed by atoms with E-state index in [1.54, 1.807) is 0 Å². The first-order valence-corrected chi connectivity index (χ1v) is 7.07. The number of rotatable bonds is 3. The third-order valence-corrected chi connectivity index (χ3v) is 3.73. The zero-order valence-corrected chi connectivity index (χ0v) is 13.0. The van der Waals surface area contributed by atoms with Crippen LogP contribution in [0.4, 0.5) is 0 Å². The first-order valence-electron chi connectivity index (χ1n) is 6.28. The van der Waals surface area contributed by atoms with E-state index >= 15 is 0 Å². The molecule has 3 heteroatoms. The lowest BCUT2D eigenvalue weighted by atomic mass is 10.1. The average molecular weight is 320 g/mol. The Morgan fingerprint density at radius 3 is 2.53 bits per heavy atom. The molecule has 0 spiro atoms. The van der Waals surface area contributed by atoms with Crippen molar-refractivity contribution >= 4 is 15.9 Å². The second-order valence-corrected chi connectivity index (χ2v) is 5.69. The molecule has 0 bridgehead atoms. The average Bonchev–Trinajstić information content (AvgIpc) is 2.35. The smallest absolute Gasteiger partial charge is 0.133 e. The van der Waals surface area contributed by atoms with E-state index in [2.05, 4.69) is 35.8 Å². The van der Waals surface area contributed by atoms with Gasteiger partial charge in [-0.2, -0.15) is 0 Å². The lowest BCUT2D eigenvalue weighted by Gasteiger charge is -2.16. The quantitative estimate of drug-likeness (QED) is 0.875. The molecule has 0 aromatic heterocycles. The van der Waals surface area contributed by atoms with Crippen LogP contribution in [0.25, 0.3) is 0 Å². The fourth-order valence-corrected chi connectivity index (χ4v) is 2.27. The van der Waals surface area contributed by atoms with Gasteiger partial charge < -0.3 is 10.5 Å². The predicted octanol–water partition coefficient (Wildman–Crippen LogP) is 4.88. The maximum atomic E-state index is 6.05. The highest BCUT2D eigenvalue weighted by Gasteiger charge is 2.11. The van der Waals surface area contributed by atoms with Crippen molar-refractivity contribution in [3.05, 3.63) is 57.6 Å². The molecule has 0 aliphatic heterocycles. The normalized spacial score (nSPS) is 12.3. The Labute approximate surface area is 122 Å². The minimum absolute atomic E-state index is 0.0618. The van der Waals surface area contributed by atoms with Crippen molar-refractivity contribution in [2.24, 2.45) is 5.73 Å². The van der Waals surface area contributed by atoms with Crippen LogP contribution in [-0.4, -0.2) is 0 Å². The number of ether oxygens (including phenoxy) is 1. The highest BCUT2D eigenvalue weighted by atomic mass is 79.9. The van der Waals surface area contributed by atoms with E-state index < -0.39 is 0 Å². The van der Waals surface area contributed by atoms with Crippen LogP contribution in [0.5, 0.6) is 11.5 Å². The van der Waals surface area contributed by atoms with Crippen LogP contribution in [0, 0.1) is 13.8 Å². The van der Waals surface area contributed by atoms with Crippen molar-refractivity contribution in [3.8, 4) is 11.5 Å². The standard InChI is InChI=1S/C16H18BrNO/c1-10-5-4-6-15(11(10)2)19-16-9-13(17)7-8-14(16)12(3)18/h4-9,12H,18H2,1-3H3. The van der Waals surface area contributed by atoms with Crippen LogP contribution >= 0.6 is 15.9 Å². The molecule has 0 aliphatic carbocycles. The van der Waals surface area contributed by atoms with Crippen molar-refractivity contribution in [3.63, 3.8) is 0 Å². The van der Waals surface area contributed by atoms with Crippen molar-refractivity contribution in [2.45, 2.75) is 26.8 Å². The van der Waals surface area contributed by atoms with Gasteiger partial charge in [0, 0.05) is 16.1 Å². The van der Waals surface area contributed by atoms with Gasteiger partial charge in [0.25, 0.3) is 0 Å². The summed E-state index contributed by atoms with van der Waals surface area (Å²) in [6.45, 7) is 6.10. The largest absolute Gasteiger partial charge is 0.457 e. The number of nitrogens with two attached hydrogens (primary N) is 1. The summed E-state index contributed by atoms with van der Waals surface area (Å²) in [4.78, 5) is 0. The second kappa shape index (κ2) is 5.76. The second-order valence-electron chi connectivity index (χ2n) is 4.77. The molecule has 19 heavy (non-hydrogen) atoms. The predicted molar refractivity (Wildman–Crippen MR) is 82.7 cm³/mol. The van der Waals surface area contributed by atoms with Crippen molar-refractivity contribution < 1.29 is 4.74 Å². The molecule has 2 rings (SSSR count). The van der Waals surface area contributed by atoms with Gasteiger partial charge in [-0.1, -0.05) is 34.1 Å². The van der Waals surface area contributed by atoms with Gasteiger partial charge in [0.05, 0.1) is 0 Å². The molecule has 0 saturated heterocycles. The lowest BCUT2D eigenvalue weighted by molar-refractivity contribution is 0.467. The summed E-state index contributed by atoms with van der Waals surface area (Å²) in [7, 11) is 0. The third kappa shape index (κ3) is 3.17. The van der Waals surface area contributed by atoms with E-state index in [4.69, 9.17) is 10.5 Å². The van der Waals surface area contributed by atoms with Gasteiger partial charge in [-0.05, 0) is 50.1 Å². The zero-order valence-electron chi connectivity index (χ0n) is 11.4. The van der Waals surface area contributed by atoms with Gasteiger partial charge >= 0.3 is 0 Å². The van der Waals surface area contributed by atoms with E-state index in [1.165, 1.54) is 5.56 Å². The van der Waals surface area contributed by atoms with Crippen LogP contribution in [-0.2, 0) is 0 Å². The van der Waals surface area contributed by atoms with Gasteiger partial charge in [-0.15, -0.1) is 0 Å². The molecule has 0 fully saturated rings. The summed E-state index contributed by atoms with van der Waals surface area (Å²) in [6.07, 6.45) is 0. The topological polar surface area (TPSA) is 35.2 Å². The Kier molecular flexibility index (Phi) is 4.27. The summed E-state index contributed by atoms with van der Waals surface area (Å²) in [5.74, 6) is 1.68.